The third-order valence-electron chi connectivity index (χ3n) is 1.93. The van der Waals surface area contributed by atoms with Crippen molar-refractivity contribution in [2.24, 2.45) is 5.41 Å². The van der Waals surface area contributed by atoms with Crippen molar-refractivity contribution in [2.45, 2.75) is 27.2 Å². The predicted molar refractivity (Wildman–Crippen MR) is 75.1 cm³/mol. The number of rotatable bonds is 8. The summed E-state index contributed by atoms with van der Waals surface area (Å²) in [5.41, 5.74) is -0.103. The van der Waals surface area contributed by atoms with E-state index in [-0.39, 0.29) is 29.5 Å². The van der Waals surface area contributed by atoms with Crippen molar-refractivity contribution in [1.29, 1.82) is 0 Å². The Morgan fingerprint density at radius 3 is 2.26 bits per heavy atom. The summed E-state index contributed by atoms with van der Waals surface area (Å²) in [6.45, 7) is 6.20. The van der Waals surface area contributed by atoms with Crippen LogP contribution in [0, 0.1) is 5.41 Å². The lowest BCUT2D eigenvalue weighted by Crippen LogP contribution is -2.38. The summed E-state index contributed by atoms with van der Waals surface area (Å²) in [4.78, 5) is 33.0. The van der Waals surface area contributed by atoms with Crippen molar-refractivity contribution in [3.8, 4) is 0 Å². The lowest BCUT2D eigenvalue weighted by atomic mass is 9.92. The summed E-state index contributed by atoms with van der Waals surface area (Å²) >= 11 is 1.23. The maximum atomic E-state index is 11.5. The largest absolute Gasteiger partial charge is 0.481 e. The molecule has 0 unspecified atom stereocenters. The maximum absolute atomic E-state index is 11.5. The van der Waals surface area contributed by atoms with Crippen molar-refractivity contribution >= 4 is 29.5 Å². The number of carboxylic acid groups (broad SMARTS) is 1. The van der Waals surface area contributed by atoms with Gasteiger partial charge in [-0.2, -0.15) is 0 Å². The molecule has 0 radical (unpaired) electrons. The molecule has 19 heavy (non-hydrogen) atoms. The monoisotopic (exact) mass is 290 g/mol. The molecule has 0 aromatic carbocycles. The van der Waals surface area contributed by atoms with E-state index in [0.29, 0.717) is 18.7 Å². The number of carbonyl (C=O) groups is 3. The van der Waals surface area contributed by atoms with Gasteiger partial charge in [0.1, 0.15) is 0 Å². The van der Waals surface area contributed by atoms with E-state index in [1.165, 1.54) is 11.8 Å². The van der Waals surface area contributed by atoms with Crippen LogP contribution in [0.2, 0.25) is 0 Å². The fraction of sp³-hybridized carbons (Fsp3) is 0.750. The summed E-state index contributed by atoms with van der Waals surface area (Å²) in [5.74, 6) is -0.724. The van der Waals surface area contributed by atoms with Crippen molar-refractivity contribution < 1.29 is 19.5 Å². The van der Waals surface area contributed by atoms with Crippen LogP contribution in [0.5, 0.6) is 0 Å². The van der Waals surface area contributed by atoms with Gasteiger partial charge in [-0.15, -0.1) is 11.8 Å². The van der Waals surface area contributed by atoms with Gasteiger partial charge in [-0.25, -0.2) is 0 Å². The summed E-state index contributed by atoms with van der Waals surface area (Å²) in [7, 11) is 0. The van der Waals surface area contributed by atoms with Crippen molar-refractivity contribution in [2.75, 3.05) is 24.6 Å². The van der Waals surface area contributed by atoms with E-state index in [9.17, 15) is 14.4 Å². The summed E-state index contributed by atoms with van der Waals surface area (Å²) in [5, 5.41) is 13.6. The van der Waals surface area contributed by atoms with Crippen LogP contribution in [0.3, 0.4) is 0 Å². The first-order chi connectivity index (χ1) is 8.70. The molecule has 0 aliphatic heterocycles. The van der Waals surface area contributed by atoms with Gasteiger partial charge in [0.15, 0.2) is 0 Å². The number of hydrogen-bond donors (Lipinski definition) is 3. The van der Waals surface area contributed by atoms with Crippen molar-refractivity contribution in [1.82, 2.24) is 10.6 Å². The van der Waals surface area contributed by atoms with E-state index in [4.69, 9.17) is 5.11 Å². The first-order valence-electron chi connectivity index (χ1n) is 6.03. The molecule has 0 atom stereocenters. The van der Waals surface area contributed by atoms with E-state index in [0.717, 1.165) is 0 Å². The highest BCUT2D eigenvalue weighted by atomic mass is 32.2. The van der Waals surface area contributed by atoms with E-state index in [1.807, 2.05) is 20.8 Å². The van der Waals surface area contributed by atoms with Gasteiger partial charge in [0, 0.05) is 18.7 Å². The molecule has 7 heteroatoms. The summed E-state index contributed by atoms with van der Waals surface area (Å²) < 4.78 is 0. The molecule has 0 aliphatic carbocycles. The van der Waals surface area contributed by atoms with E-state index in [1.54, 1.807) is 0 Å². The molecule has 0 saturated heterocycles. The Balaban J connectivity index is 3.59. The first kappa shape index (κ1) is 17.8. The van der Waals surface area contributed by atoms with Crippen LogP contribution in [-0.4, -0.2) is 47.5 Å². The Kier molecular flexibility index (Phi) is 8.22. The lowest BCUT2D eigenvalue weighted by Gasteiger charge is -2.17. The van der Waals surface area contributed by atoms with Crippen molar-refractivity contribution in [3.63, 3.8) is 0 Å². The molecule has 2 amide bonds. The molecule has 0 rings (SSSR count). The minimum absolute atomic E-state index is 0.0260. The zero-order valence-corrected chi connectivity index (χ0v) is 12.4. The molecule has 0 spiro atoms. The number of hydrogen-bond acceptors (Lipinski definition) is 4. The van der Waals surface area contributed by atoms with Gasteiger partial charge < -0.3 is 15.7 Å². The standard InChI is InChI=1S/C12H22N2O4S/c1-12(2,3)6-9(15)14-7-10(16)13-4-5-19-8-11(17)18/h4-8H2,1-3H3,(H,13,16)(H,14,15)(H,17,18). The first-order valence-corrected chi connectivity index (χ1v) is 7.19. The Morgan fingerprint density at radius 2 is 1.74 bits per heavy atom. The molecular formula is C12H22N2O4S. The Hall–Kier alpha value is -1.24. The van der Waals surface area contributed by atoms with Crippen LogP contribution < -0.4 is 10.6 Å². The number of aliphatic carboxylic acids is 1. The molecule has 3 N–H and O–H groups in total. The van der Waals surface area contributed by atoms with E-state index in [2.05, 4.69) is 10.6 Å². The third-order valence-corrected chi connectivity index (χ3v) is 2.87. The second kappa shape index (κ2) is 8.79. The van der Waals surface area contributed by atoms with Crippen LogP contribution in [0.15, 0.2) is 0 Å². The van der Waals surface area contributed by atoms with Gasteiger partial charge in [0.25, 0.3) is 0 Å². The van der Waals surface area contributed by atoms with Gasteiger partial charge in [0.2, 0.25) is 11.8 Å². The second-order valence-corrected chi connectivity index (χ2v) is 6.42. The highest BCUT2D eigenvalue weighted by molar-refractivity contribution is 7.99. The van der Waals surface area contributed by atoms with E-state index >= 15 is 0 Å². The number of nitrogens with one attached hydrogen (secondary N) is 2. The number of amides is 2. The average Bonchev–Trinajstić information content (AvgIpc) is 2.23. The predicted octanol–water partition coefficient (Wildman–Crippen LogP) is 0.473. The number of carbonyl (C=O) groups excluding carboxylic acids is 2. The summed E-state index contributed by atoms with van der Waals surface area (Å²) in [6, 6.07) is 0. The van der Waals surface area contributed by atoms with Crippen molar-refractivity contribution in [3.05, 3.63) is 0 Å². The van der Waals surface area contributed by atoms with Gasteiger partial charge in [0.05, 0.1) is 12.3 Å². The fourth-order valence-electron chi connectivity index (χ4n) is 1.21. The van der Waals surface area contributed by atoms with Gasteiger partial charge >= 0.3 is 5.97 Å². The highest BCUT2D eigenvalue weighted by Gasteiger charge is 2.16. The minimum atomic E-state index is -0.870. The topological polar surface area (TPSA) is 95.5 Å². The minimum Gasteiger partial charge on any atom is -0.481 e. The molecule has 110 valence electrons. The fourth-order valence-corrected chi connectivity index (χ4v) is 1.77. The zero-order valence-electron chi connectivity index (χ0n) is 11.6. The molecule has 0 saturated carbocycles. The highest BCUT2D eigenvalue weighted by Crippen LogP contribution is 2.17. The smallest absolute Gasteiger partial charge is 0.313 e. The second-order valence-electron chi connectivity index (χ2n) is 5.31. The molecule has 0 aliphatic rings. The van der Waals surface area contributed by atoms with Gasteiger partial charge in [-0.05, 0) is 5.41 Å². The molecular weight excluding hydrogens is 268 g/mol. The van der Waals surface area contributed by atoms with Crippen LogP contribution >= 0.6 is 11.8 Å². The van der Waals surface area contributed by atoms with E-state index < -0.39 is 5.97 Å². The molecule has 0 aromatic rings. The molecule has 6 nitrogen and oxygen atoms in total. The van der Waals surface area contributed by atoms with Crippen LogP contribution in [0.25, 0.3) is 0 Å². The number of carboxylic acids is 1. The lowest BCUT2D eigenvalue weighted by molar-refractivity contribution is -0.134. The average molecular weight is 290 g/mol. The van der Waals surface area contributed by atoms with Gasteiger partial charge in [-0.3, -0.25) is 14.4 Å². The Bertz CT molecular complexity index is 326. The van der Waals surface area contributed by atoms with Crippen LogP contribution in [-0.2, 0) is 14.4 Å². The van der Waals surface area contributed by atoms with Crippen LogP contribution in [0.4, 0.5) is 0 Å². The quantitative estimate of drug-likeness (QED) is 0.565. The normalized spacial score (nSPS) is 10.9. The summed E-state index contributed by atoms with van der Waals surface area (Å²) in [6.07, 6.45) is 0.370. The Labute approximate surface area is 117 Å². The molecule has 0 heterocycles. The van der Waals surface area contributed by atoms with Crippen LogP contribution in [0.1, 0.15) is 27.2 Å². The van der Waals surface area contributed by atoms with Gasteiger partial charge in [-0.1, -0.05) is 20.8 Å². The third kappa shape index (κ3) is 13.0. The Morgan fingerprint density at radius 1 is 1.11 bits per heavy atom. The number of thioether (sulfide) groups is 1. The maximum Gasteiger partial charge on any atom is 0.313 e. The zero-order chi connectivity index (χ0) is 14.9. The molecule has 0 aromatic heterocycles. The molecule has 0 fully saturated rings. The SMILES string of the molecule is CC(C)(C)CC(=O)NCC(=O)NCCSCC(=O)O. The molecule has 0 bridgehead atoms.